The highest BCUT2D eigenvalue weighted by Crippen LogP contribution is 2.39. The molecule has 0 N–H and O–H groups in total. The fourth-order valence-electron chi connectivity index (χ4n) is 5.12. The van der Waals surface area contributed by atoms with Crippen molar-refractivity contribution in [2.75, 3.05) is 0 Å². The van der Waals surface area contributed by atoms with Gasteiger partial charge in [0.2, 0.25) is 0 Å². The van der Waals surface area contributed by atoms with E-state index >= 15 is 0 Å². The number of nitriles is 1. The quantitative estimate of drug-likeness (QED) is 0.272. The Morgan fingerprint density at radius 3 is 2.09 bits per heavy atom. The number of aromatic nitrogens is 2. The number of hydrogen-bond donors (Lipinski definition) is 0. The van der Waals surface area contributed by atoms with Crippen molar-refractivity contribution in [1.82, 2.24) is 9.55 Å². The van der Waals surface area contributed by atoms with Gasteiger partial charge in [-0.3, -0.25) is 4.98 Å². The van der Waals surface area contributed by atoms with Gasteiger partial charge in [-0.1, -0.05) is 62.4 Å². The maximum atomic E-state index is 9.54. The summed E-state index contributed by atoms with van der Waals surface area (Å²) in [4.78, 5) is 4.96. The van der Waals surface area contributed by atoms with Gasteiger partial charge < -0.3 is 4.57 Å². The van der Waals surface area contributed by atoms with E-state index in [1.807, 2.05) is 30.5 Å². The monoisotopic (exact) mass is 451 g/mol. The summed E-state index contributed by atoms with van der Waals surface area (Å²) in [5.74, 6) is 0. The van der Waals surface area contributed by atoms with Crippen molar-refractivity contribution in [1.29, 1.82) is 5.26 Å². The van der Waals surface area contributed by atoms with Gasteiger partial charge in [-0.25, -0.2) is 0 Å². The van der Waals surface area contributed by atoms with E-state index in [1.165, 1.54) is 32.9 Å². The molecule has 6 aromatic rings. The van der Waals surface area contributed by atoms with Crippen molar-refractivity contribution in [3.05, 3.63) is 108 Å². The first-order valence-electron chi connectivity index (χ1n) is 12.2. The third kappa shape index (κ3) is 3.38. The first kappa shape index (κ1) is 21.1. The topological polar surface area (TPSA) is 41.6 Å². The van der Waals surface area contributed by atoms with E-state index in [1.54, 1.807) is 0 Å². The SMILES string of the molecule is CCc1ccc2c(c1)c1cc(CC)ccc1n2-c1c(-c2cccc(C#N)c2)ncc2ccccc12. The molecule has 0 atom stereocenters. The molecule has 2 aromatic heterocycles. The van der Waals surface area contributed by atoms with Gasteiger partial charge in [0.15, 0.2) is 0 Å². The number of hydrogen-bond acceptors (Lipinski definition) is 2. The number of fused-ring (bicyclic) bond motifs is 4. The van der Waals surface area contributed by atoms with E-state index in [0.29, 0.717) is 5.56 Å². The van der Waals surface area contributed by atoms with Gasteiger partial charge in [-0.2, -0.15) is 5.26 Å². The molecular formula is C32H25N3. The van der Waals surface area contributed by atoms with Gasteiger partial charge in [0.1, 0.15) is 0 Å². The highest BCUT2D eigenvalue weighted by Gasteiger charge is 2.20. The van der Waals surface area contributed by atoms with Gasteiger partial charge in [-0.15, -0.1) is 0 Å². The van der Waals surface area contributed by atoms with E-state index in [0.717, 1.165) is 40.6 Å². The lowest BCUT2D eigenvalue weighted by Crippen LogP contribution is -2.01. The third-order valence-corrected chi connectivity index (χ3v) is 6.97. The lowest BCUT2D eigenvalue weighted by atomic mass is 10.0. The fraction of sp³-hybridized carbons (Fsp3) is 0.125. The Bertz CT molecular complexity index is 1720. The number of benzene rings is 4. The predicted octanol–water partition coefficient (Wildman–Crippen LogP) is 8.00. The minimum atomic E-state index is 0.630. The molecule has 0 aliphatic heterocycles. The molecule has 0 aliphatic rings. The molecule has 0 aliphatic carbocycles. The normalized spacial score (nSPS) is 11.3. The van der Waals surface area contributed by atoms with Gasteiger partial charge in [0.05, 0.1) is 34.0 Å². The standard InChI is InChI=1S/C32H25N3/c1-3-21-12-14-29-27(17-21)28-18-22(4-2)13-15-30(28)35(29)32-26-11-6-5-9-25(26)20-34-31(32)24-10-7-8-23(16-24)19-33/h5-18,20H,3-4H2,1-2H3. The molecule has 168 valence electrons. The first-order valence-corrected chi connectivity index (χ1v) is 12.2. The molecular weight excluding hydrogens is 426 g/mol. The molecule has 0 saturated carbocycles. The lowest BCUT2D eigenvalue weighted by Gasteiger charge is -2.16. The molecule has 35 heavy (non-hydrogen) atoms. The number of aryl methyl sites for hydroxylation is 2. The summed E-state index contributed by atoms with van der Waals surface area (Å²) in [6.07, 6.45) is 3.93. The van der Waals surface area contributed by atoms with Crippen LogP contribution in [0.25, 0.3) is 49.5 Å². The zero-order valence-electron chi connectivity index (χ0n) is 19.9. The van der Waals surface area contributed by atoms with Gasteiger partial charge in [-0.05, 0) is 60.4 Å². The Hall–Kier alpha value is -4.42. The van der Waals surface area contributed by atoms with Crippen LogP contribution in [0.3, 0.4) is 0 Å². The summed E-state index contributed by atoms with van der Waals surface area (Å²) >= 11 is 0. The molecule has 6 rings (SSSR count). The van der Waals surface area contributed by atoms with Crippen LogP contribution in [0, 0.1) is 11.3 Å². The van der Waals surface area contributed by atoms with Crippen LogP contribution in [-0.2, 0) is 12.8 Å². The minimum absolute atomic E-state index is 0.630. The molecule has 0 radical (unpaired) electrons. The van der Waals surface area contributed by atoms with E-state index in [4.69, 9.17) is 4.98 Å². The Balaban J connectivity index is 1.80. The molecule has 0 unspecified atom stereocenters. The van der Waals surface area contributed by atoms with E-state index in [9.17, 15) is 5.26 Å². The van der Waals surface area contributed by atoms with Crippen LogP contribution < -0.4 is 0 Å². The Morgan fingerprint density at radius 2 is 1.43 bits per heavy atom. The summed E-state index contributed by atoms with van der Waals surface area (Å²) in [5, 5.41) is 14.3. The Labute approximate surface area is 204 Å². The maximum Gasteiger partial charge on any atom is 0.0991 e. The van der Waals surface area contributed by atoms with Crippen LogP contribution in [0.5, 0.6) is 0 Å². The van der Waals surface area contributed by atoms with Crippen LogP contribution in [0.2, 0.25) is 0 Å². The van der Waals surface area contributed by atoms with Crippen molar-refractivity contribution in [2.45, 2.75) is 26.7 Å². The largest absolute Gasteiger partial charge is 0.306 e. The first-order chi connectivity index (χ1) is 17.2. The number of nitrogens with zero attached hydrogens (tertiary/aromatic N) is 3. The molecule has 0 saturated heterocycles. The van der Waals surface area contributed by atoms with Crippen molar-refractivity contribution in [2.24, 2.45) is 0 Å². The Morgan fingerprint density at radius 1 is 0.743 bits per heavy atom. The molecule has 0 spiro atoms. The minimum Gasteiger partial charge on any atom is -0.306 e. The predicted molar refractivity (Wildman–Crippen MR) is 145 cm³/mol. The second-order valence-corrected chi connectivity index (χ2v) is 8.98. The molecule has 2 heterocycles. The van der Waals surface area contributed by atoms with Crippen LogP contribution in [0.4, 0.5) is 0 Å². The van der Waals surface area contributed by atoms with Gasteiger partial charge in [0, 0.05) is 33.3 Å². The Kier molecular flexibility index (Phi) is 5.08. The highest BCUT2D eigenvalue weighted by atomic mass is 15.0. The van der Waals surface area contributed by atoms with E-state index in [2.05, 4.69) is 85.1 Å². The molecule has 3 nitrogen and oxygen atoms in total. The van der Waals surface area contributed by atoms with Crippen LogP contribution >= 0.6 is 0 Å². The van der Waals surface area contributed by atoms with Crippen LogP contribution in [0.1, 0.15) is 30.5 Å². The zero-order valence-corrected chi connectivity index (χ0v) is 19.9. The van der Waals surface area contributed by atoms with Crippen LogP contribution in [-0.4, -0.2) is 9.55 Å². The van der Waals surface area contributed by atoms with E-state index < -0.39 is 0 Å². The van der Waals surface area contributed by atoms with E-state index in [-0.39, 0.29) is 0 Å². The summed E-state index contributed by atoms with van der Waals surface area (Å²) in [6, 6.07) is 32.1. The molecule has 0 amide bonds. The van der Waals surface area contributed by atoms with Crippen LogP contribution in [0.15, 0.2) is 91.1 Å². The summed E-state index contributed by atoms with van der Waals surface area (Å²) in [6.45, 7) is 4.40. The van der Waals surface area contributed by atoms with Crippen molar-refractivity contribution in [3.63, 3.8) is 0 Å². The average molecular weight is 452 g/mol. The third-order valence-electron chi connectivity index (χ3n) is 6.97. The number of pyridine rings is 1. The molecule has 3 heteroatoms. The smallest absolute Gasteiger partial charge is 0.0991 e. The molecule has 4 aromatic carbocycles. The second kappa shape index (κ2) is 8.42. The molecule has 0 fully saturated rings. The average Bonchev–Trinajstić information content (AvgIpc) is 3.24. The van der Waals surface area contributed by atoms with Crippen molar-refractivity contribution < 1.29 is 0 Å². The summed E-state index contributed by atoms with van der Waals surface area (Å²) < 4.78 is 2.37. The highest BCUT2D eigenvalue weighted by molar-refractivity contribution is 6.12. The van der Waals surface area contributed by atoms with Gasteiger partial charge in [0.25, 0.3) is 0 Å². The second-order valence-electron chi connectivity index (χ2n) is 8.98. The van der Waals surface area contributed by atoms with Crippen molar-refractivity contribution in [3.8, 4) is 23.0 Å². The molecule has 0 bridgehead atoms. The maximum absolute atomic E-state index is 9.54. The lowest BCUT2D eigenvalue weighted by molar-refractivity contribution is 1.13. The van der Waals surface area contributed by atoms with Gasteiger partial charge >= 0.3 is 0 Å². The summed E-state index contributed by atoms with van der Waals surface area (Å²) in [7, 11) is 0. The van der Waals surface area contributed by atoms with Crippen molar-refractivity contribution >= 4 is 32.6 Å². The number of rotatable bonds is 4. The fourth-order valence-corrected chi connectivity index (χ4v) is 5.12. The summed E-state index contributed by atoms with van der Waals surface area (Å²) in [5.41, 5.74) is 8.49. The zero-order chi connectivity index (χ0) is 23.9.